The van der Waals surface area contributed by atoms with E-state index >= 15 is 0 Å². The van der Waals surface area contributed by atoms with Crippen LogP contribution in [0.5, 0.6) is 0 Å². The first-order chi connectivity index (χ1) is 8.13. The molecule has 88 valence electrons. The van der Waals surface area contributed by atoms with Crippen LogP contribution in [0.3, 0.4) is 0 Å². The molecular formula is C14H17N3. The maximum absolute atomic E-state index is 8.86. The van der Waals surface area contributed by atoms with Gasteiger partial charge in [-0.05, 0) is 32.4 Å². The summed E-state index contributed by atoms with van der Waals surface area (Å²) in [5.74, 6) is 0. The van der Waals surface area contributed by atoms with Crippen LogP contribution in [0.25, 0.3) is 0 Å². The van der Waals surface area contributed by atoms with Crippen molar-refractivity contribution in [3.05, 3.63) is 34.7 Å². The van der Waals surface area contributed by atoms with E-state index in [1.807, 2.05) is 38.1 Å². The van der Waals surface area contributed by atoms with Gasteiger partial charge in [-0.3, -0.25) is 0 Å². The van der Waals surface area contributed by atoms with Crippen LogP contribution in [0.15, 0.2) is 34.7 Å². The fraction of sp³-hybridized carbons (Fsp3) is 0.429. The Morgan fingerprint density at radius 1 is 1.18 bits per heavy atom. The number of rotatable bonds is 3. The molecule has 0 amide bonds. The number of hydrogen-bond acceptors (Lipinski definition) is 3. The summed E-state index contributed by atoms with van der Waals surface area (Å²) in [6.07, 6.45) is 6.11. The van der Waals surface area contributed by atoms with Crippen molar-refractivity contribution in [3.8, 4) is 12.1 Å². The van der Waals surface area contributed by atoms with Gasteiger partial charge in [0.25, 0.3) is 0 Å². The average Bonchev–Trinajstić information content (AvgIpc) is 2.30. The fourth-order valence-corrected chi connectivity index (χ4v) is 1.89. The van der Waals surface area contributed by atoms with Crippen molar-refractivity contribution in [1.82, 2.24) is 4.90 Å². The molecule has 0 aliphatic carbocycles. The molecule has 1 aliphatic heterocycles. The Hall–Kier alpha value is -2.00. The zero-order valence-electron chi connectivity index (χ0n) is 10.6. The van der Waals surface area contributed by atoms with Crippen molar-refractivity contribution in [3.63, 3.8) is 0 Å². The molecule has 0 atom stereocenters. The van der Waals surface area contributed by atoms with Gasteiger partial charge in [-0.2, -0.15) is 10.5 Å². The van der Waals surface area contributed by atoms with Crippen molar-refractivity contribution in [1.29, 1.82) is 10.5 Å². The Morgan fingerprint density at radius 2 is 1.71 bits per heavy atom. The first-order valence-corrected chi connectivity index (χ1v) is 5.82. The van der Waals surface area contributed by atoms with E-state index in [9.17, 15) is 0 Å². The molecule has 0 saturated heterocycles. The SMILES string of the molecule is CCCCN1C(C)=CC(=C(C#N)C#N)C=C1C. The summed E-state index contributed by atoms with van der Waals surface area (Å²) in [4.78, 5) is 2.22. The number of unbranched alkanes of at least 4 members (excludes halogenated alkanes) is 1. The monoisotopic (exact) mass is 227 g/mol. The third-order valence-electron chi connectivity index (χ3n) is 2.83. The molecule has 3 heteroatoms. The van der Waals surface area contributed by atoms with E-state index in [-0.39, 0.29) is 5.57 Å². The Labute approximate surface area is 103 Å². The molecule has 0 radical (unpaired) electrons. The molecule has 0 aromatic carbocycles. The van der Waals surface area contributed by atoms with Gasteiger partial charge in [0.1, 0.15) is 17.7 Å². The molecule has 1 aliphatic rings. The molecule has 3 nitrogen and oxygen atoms in total. The van der Waals surface area contributed by atoms with E-state index in [1.165, 1.54) is 0 Å². The maximum atomic E-state index is 8.86. The average molecular weight is 227 g/mol. The molecular weight excluding hydrogens is 210 g/mol. The quantitative estimate of drug-likeness (QED) is 0.695. The molecule has 0 N–H and O–H groups in total. The molecule has 0 spiro atoms. The summed E-state index contributed by atoms with van der Waals surface area (Å²) in [7, 11) is 0. The molecule has 17 heavy (non-hydrogen) atoms. The van der Waals surface area contributed by atoms with Gasteiger partial charge in [-0.25, -0.2) is 0 Å². The van der Waals surface area contributed by atoms with Crippen molar-refractivity contribution in [2.75, 3.05) is 6.54 Å². The van der Waals surface area contributed by atoms with Crippen LogP contribution in [-0.2, 0) is 0 Å². The molecule has 0 aromatic rings. The van der Waals surface area contributed by atoms with Crippen LogP contribution in [0.4, 0.5) is 0 Å². The number of nitriles is 2. The highest BCUT2D eigenvalue weighted by Gasteiger charge is 2.14. The molecule has 1 rings (SSSR count). The van der Waals surface area contributed by atoms with Crippen LogP contribution >= 0.6 is 0 Å². The summed E-state index contributed by atoms with van der Waals surface area (Å²) in [5, 5.41) is 17.7. The highest BCUT2D eigenvalue weighted by atomic mass is 15.1. The van der Waals surface area contributed by atoms with Crippen LogP contribution in [-0.4, -0.2) is 11.4 Å². The third-order valence-corrected chi connectivity index (χ3v) is 2.83. The summed E-state index contributed by atoms with van der Waals surface area (Å²) in [6.45, 7) is 7.18. The minimum Gasteiger partial charge on any atom is -0.349 e. The van der Waals surface area contributed by atoms with Crippen molar-refractivity contribution >= 4 is 0 Å². The van der Waals surface area contributed by atoms with Gasteiger partial charge in [0, 0.05) is 23.5 Å². The summed E-state index contributed by atoms with van der Waals surface area (Å²) in [5.41, 5.74) is 3.09. The molecule has 0 fully saturated rings. The van der Waals surface area contributed by atoms with Gasteiger partial charge in [0.2, 0.25) is 0 Å². The standard InChI is InChI=1S/C14H17N3/c1-4-5-6-17-11(2)7-13(8-12(17)3)14(9-15)10-16/h7-8H,4-6H2,1-3H3. The second-order valence-corrected chi connectivity index (χ2v) is 4.13. The predicted octanol–water partition coefficient (Wildman–Crippen LogP) is 3.25. The highest BCUT2D eigenvalue weighted by Crippen LogP contribution is 2.24. The second kappa shape index (κ2) is 5.92. The summed E-state index contributed by atoms with van der Waals surface area (Å²) >= 11 is 0. The van der Waals surface area contributed by atoms with E-state index in [2.05, 4.69) is 11.8 Å². The van der Waals surface area contributed by atoms with Crippen LogP contribution in [0.2, 0.25) is 0 Å². The third kappa shape index (κ3) is 2.98. The van der Waals surface area contributed by atoms with Crippen molar-refractivity contribution in [2.45, 2.75) is 33.6 Å². The lowest BCUT2D eigenvalue weighted by Gasteiger charge is -2.29. The van der Waals surface area contributed by atoms with Crippen LogP contribution in [0, 0.1) is 22.7 Å². The van der Waals surface area contributed by atoms with Gasteiger partial charge in [0.05, 0.1) is 0 Å². The fourth-order valence-electron chi connectivity index (χ4n) is 1.89. The number of nitrogens with zero attached hydrogens (tertiary/aromatic N) is 3. The Morgan fingerprint density at radius 3 is 2.12 bits per heavy atom. The number of allylic oxidation sites excluding steroid dienone is 6. The normalized spacial score (nSPS) is 14.6. The van der Waals surface area contributed by atoms with Gasteiger partial charge in [-0.1, -0.05) is 13.3 Å². The van der Waals surface area contributed by atoms with Gasteiger partial charge in [0.15, 0.2) is 0 Å². The topological polar surface area (TPSA) is 50.8 Å². The smallest absolute Gasteiger partial charge is 0.137 e. The van der Waals surface area contributed by atoms with E-state index in [1.54, 1.807) is 0 Å². The lowest BCUT2D eigenvalue weighted by atomic mass is 10.0. The van der Waals surface area contributed by atoms with Gasteiger partial charge >= 0.3 is 0 Å². The molecule has 1 heterocycles. The first-order valence-electron chi connectivity index (χ1n) is 5.82. The zero-order chi connectivity index (χ0) is 12.8. The molecule has 0 saturated carbocycles. The summed E-state index contributed by atoms with van der Waals surface area (Å²) < 4.78 is 0. The minimum atomic E-state index is 0.179. The zero-order valence-corrected chi connectivity index (χ0v) is 10.6. The van der Waals surface area contributed by atoms with E-state index in [0.717, 1.165) is 36.4 Å². The second-order valence-electron chi connectivity index (χ2n) is 4.13. The van der Waals surface area contributed by atoms with Gasteiger partial charge < -0.3 is 4.90 Å². The van der Waals surface area contributed by atoms with E-state index < -0.39 is 0 Å². The predicted molar refractivity (Wildman–Crippen MR) is 67.4 cm³/mol. The van der Waals surface area contributed by atoms with Crippen molar-refractivity contribution in [2.24, 2.45) is 0 Å². The van der Waals surface area contributed by atoms with Crippen LogP contribution < -0.4 is 0 Å². The van der Waals surface area contributed by atoms with E-state index in [0.29, 0.717) is 0 Å². The molecule has 0 bridgehead atoms. The Bertz CT molecular complexity index is 429. The van der Waals surface area contributed by atoms with E-state index in [4.69, 9.17) is 10.5 Å². The van der Waals surface area contributed by atoms with Gasteiger partial charge in [-0.15, -0.1) is 0 Å². The molecule has 0 aromatic heterocycles. The Balaban J connectivity index is 3.04. The molecule has 0 unspecified atom stereocenters. The number of hydrogen-bond donors (Lipinski definition) is 0. The largest absolute Gasteiger partial charge is 0.349 e. The van der Waals surface area contributed by atoms with Crippen LogP contribution in [0.1, 0.15) is 33.6 Å². The highest BCUT2D eigenvalue weighted by molar-refractivity contribution is 5.53. The minimum absolute atomic E-state index is 0.179. The first kappa shape index (κ1) is 13.1. The summed E-state index contributed by atoms with van der Waals surface area (Å²) in [6, 6.07) is 3.86. The Kier molecular flexibility index (Phi) is 4.55. The van der Waals surface area contributed by atoms with Crippen molar-refractivity contribution < 1.29 is 0 Å². The lowest BCUT2D eigenvalue weighted by molar-refractivity contribution is 0.412. The lowest BCUT2D eigenvalue weighted by Crippen LogP contribution is -2.23. The maximum Gasteiger partial charge on any atom is 0.137 e.